The molecule has 0 aliphatic heterocycles. The molecular weight excluding hydrogens is 218 g/mol. The largest absolute Gasteiger partial charge is 0.384 e. The Hall–Kier alpha value is -1.68. The van der Waals surface area contributed by atoms with Gasteiger partial charge in [-0.15, -0.1) is 0 Å². The van der Waals surface area contributed by atoms with E-state index in [-0.39, 0.29) is 16.5 Å². The predicted octanol–water partition coefficient (Wildman–Crippen LogP) is 2.67. The van der Waals surface area contributed by atoms with Crippen molar-refractivity contribution in [2.45, 2.75) is 13.3 Å². The molecular formula is C13H17NO3. The SMILES string of the molecule is COCC(C)/C=C(/Cc1ccccc1)[N+](=O)[O-]. The quantitative estimate of drug-likeness (QED) is 0.562. The van der Waals surface area contributed by atoms with Crippen LogP contribution >= 0.6 is 0 Å². The number of rotatable bonds is 6. The van der Waals surface area contributed by atoms with Crippen LogP contribution in [0.25, 0.3) is 0 Å². The van der Waals surface area contributed by atoms with Crippen LogP contribution in [-0.2, 0) is 11.2 Å². The molecule has 92 valence electrons. The van der Waals surface area contributed by atoms with Gasteiger partial charge in [0.1, 0.15) is 0 Å². The third-order valence-electron chi connectivity index (χ3n) is 2.37. The van der Waals surface area contributed by atoms with E-state index in [9.17, 15) is 10.1 Å². The van der Waals surface area contributed by atoms with Crippen molar-refractivity contribution in [3.05, 3.63) is 57.8 Å². The number of allylic oxidation sites excluding steroid dienone is 1. The summed E-state index contributed by atoms with van der Waals surface area (Å²) in [6, 6.07) is 9.43. The highest BCUT2D eigenvalue weighted by Crippen LogP contribution is 2.11. The number of hydrogen-bond acceptors (Lipinski definition) is 3. The number of methoxy groups -OCH3 is 1. The molecule has 1 rings (SSSR count). The maximum absolute atomic E-state index is 10.9. The molecule has 0 spiro atoms. The van der Waals surface area contributed by atoms with E-state index in [2.05, 4.69) is 0 Å². The molecule has 0 aliphatic carbocycles. The zero-order chi connectivity index (χ0) is 12.7. The molecule has 0 saturated carbocycles. The normalized spacial score (nSPS) is 13.4. The van der Waals surface area contributed by atoms with Gasteiger partial charge in [-0.1, -0.05) is 37.3 Å². The van der Waals surface area contributed by atoms with Crippen LogP contribution in [0.4, 0.5) is 0 Å². The van der Waals surface area contributed by atoms with E-state index < -0.39 is 0 Å². The summed E-state index contributed by atoms with van der Waals surface area (Å²) in [7, 11) is 1.59. The first-order valence-electron chi connectivity index (χ1n) is 5.51. The third kappa shape index (κ3) is 4.78. The molecule has 0 aliphatic rings. The minimum atomic E-state index is -0.320. The van der Waals surface area contributed by atoms with Crippen molar-refractivity contribution in [1.82, 2.24) is 0 Å². The van der Waals surface area contributed by atoms with Crippen LogP contribution < -0.4 is 0 Å². The lowest BCUT2D eigenvalue weighted by Gasteiger charge is -2.05. The van der Waals surface area contributed by atoms with Gasteiger partial charge in [0.05, 0.1) is 18.0 Å². The Morgan fingerprint density at radius 1 is 1.47 bits per heavy atom. The van der Waals surface area contributed by atoms with E-state index in [0.29, 0.717) is 13.0 Å². The Kier molecular flexibility index (Phi) is 5.36. The predicted molar refractivity (Wildman–Crippen MR) is 66.3 cm³/mol. The van der Waals surface area contributed by atoms with Crippen LogP contribution in [0.5, 0.6) is 0 Å². The van der Waals surface area contributed by atoms with Gasteiger partial charge in [-0.2, -0.15) is 0 Å². The van der Waals surface area contributed by atoms with Gasteiger partial charge in [0.2, 0.25) is 5.70 Å². The molecule has 17 heavy (non-hydrogen) atoms. The van der Waals surface area contributed by atoms with Gasteiger partial charge in [-0.05, 0) is 11.6 Å². The van der Waals surface area contributed by atoms with Crippen molar-refractivity contribution in [2.75, 3.05) is 13.7 Å². The van der Waals surface area contributed by atoms with E-state index in [0.717, 1.165) is 5.56 Å². The molecule has 1 atom stereocenters. The van der Waals surface area contributed by atoms with E-state index in [4.69, 9.17) is 4.74 Å². The second-order valence-electron chi connectivity index (χ2n) is 4.01. The number of ether oxygens (including phenoxy) is 1. The number of hydrogen-bond donors (Lipinski definition) is 0. The zero-order valence-electron chi connectivity index (χ0n) is 10.1. The van der Waals surface area contributed by atoms with Crippen molar-refractivity contribution in [2.24, 2.45) is 5.92 Å². The molecule has 0 heterocycles. The minimum absolute atomic E-state index is 0.0455. The van der Waals surface area contributed by atoms with Gasteiger partial charge in [-0.3, -0.25) is 10.1 Å². The standard InChI is InChI=1S/C13H17NO3/c1-11(10-17-2)8-13(14(15)16)9-12-6-4-3-5-7-12/h3-8,11H,9-10H2,1-2H3/b13-8-. The van der Waals surface area contributed by atoms with Crippen molar-refractivity contribution in [3.63, 3.8) is 0 Å². The lowest BCUT2D eigenvalue weighted by atomic mass is 10.1. The van der Waals surface area contributed by atoms with E-state index in [1.54, 1.807) is 13.2 Å². The molecule has 4 heteroatoms. The average molecular weight is 235 g/mol. The van der Waals surface area contributed by atoms with Crippen LogP contribution in [0.15, 0.2) is 42.1 Å². The molecule has 1 aromatic carbocycles. The molecule has 0 radical (unpaired) electrons. The number of nitro groups is 1. The third-order valence-corrected chi connectivity index (χ3v) is 2.37. The maximum Gasteiger partial charge on any atom is 0.247 e. The van der Waals surface area contributed by atoms with Gasteiger partial charge in [0, 0.05) is 13.0 Å². The smallest absolute Gasteiger partial charge is 0.247 e. The summed E-state index contributed by atoms with van der Waals surface area (Å²) < 4.78 is 4.97. The van der Waals surface area contributed by atoms with Crippen molar-refractivity contribution in [1.29, 1.82) is 0 Å². The Bertz CT molecular complexity index is 387. The van der Waals surface area contributed by atoms with Crippen molar-refractivity contribution < 1.29 is 9.66 Å². The Morgan fingerprint density at radius 3 is 2.65 bits per heavy atom. The molecule has 0 saturated heterocycles. The maximum atomic E-state index is 10.9. The van der Waals surface area contributed by atoms with Gasteiger partial charge in [-0.25, -0.2) is 0 Å². The highest BCUT2D eigenvalue weighted by Gasteiger charge is 2.13. The van der Waals surface area contributed by atoms with Crippen LogP contribution in [0.3, 0.4) is 0 Å². The molecule has 1 unspecified atom stereocenters. The first kappa shape index (κ1) is 13.4. The second-order valence-corrected chi connectivity index (χ2v) is 4.01. The molecule has 1 aromatic rings. The van der Waals surface area contributed by atoms with Gasteiger partial charge in [0.15, 0.2) is 0 Å². The van der Waals surface area contributed by atoms with E-state index >= 15 is 0 Å². The highest BCUT2D eigenvalue weighted by molar-refractivity contribution is 5.19. The fourth-order valence-corrected chi connectivity index (χ4v) is 1.63. The Morgan fingerprint density at radius 2 is 2.12 bits per heavy atom. The highest BCUT2D eigenvalue weighted by atomic mass is 16.6. The zero-order valence-corrected chi connectivity index (χ0v) is 10.1. The van der Waals surface area contributed by atoms with Crippen molar-refractivity contribution in [3.8, 4) is 0 Å². The second kappa shape index (κ2) is 6.81. The van der Waals surface area contributed by atoms with Crippen LogP contribution in [0.2, 0.25) is 0 Å². The van der Waals surface area contributed by atoms with Gasteiger partial charge >= 0.3 is 0 Å². The summed E-state index contributed by atoms with van der Waals surface area (Å²) in [6.45, 7) is 2.39. The summed E-state index contributed by atoms with van der Waals surface area (Å²) in [6.07, 6.45) is 2.01. The average Bonchev–Trinajstić information content (AvgIpc) is 2.29. The fraction of sp³-hybridized carbons (Fsp3) is 0.385. The Labute approximate surface area is 101 Å². The summed E-state index contributed by atoms with van der Waals surface area (Å²) in [4.78, 5) is 10.6. The topological polar surface area (TPSA) is 52.4 Å². The Balaban J connectivity index is 2.77. The summed E-state index contributed by atoms with van der Waals surface area (Å²) in [5.74, 6) is 0.0455. The van der Waals surface area contributed by atoms with Gasteiger partial charge in [0.25, 0.3) is 0 Å². The fourth-order valence-electron chi connectivity index (χ4n) is 1.63. The molecule has 0 fully saturated rings. The molecule has 4 nitrogen and oxygen atoms in total. The van der Waals surface area contributed by atoms with Gasteiger partial charge < -0.3 is 4.74 Å². The molecule has 0 amide bonds. The summed E-state index contributed by atoms with van der Waals surface area (Å²) in [5, 5.41) is 10.9. The molecule has 0 N–H and O–H groups in total. The monoisotopic (exact) mass is 235 g/mol. The first-order chi connectivity index (χ1) is 8.13. The van der Waals surface area contributed by atoms with Crippen molar-refractivity contribution >= 4 is 0 Å². The number of nitrogens with zero attached hydrogens (tertiary/aromatic N) is 1. The van der Waals surface area contributed by atoms with E-state index in [1.807, 2.05) is 37.3 Å². The summed E-state index contributed by atoms with van der Waals surface area (Å²) >= 11 is 0. The van der Waals surface area contributed by atoms with Crippen LogP contribution in [0.1, 0.15) is 12.5 Å². The van der Waals surface area contributed by atoms with Crippen LogP contribution in [0, 0.1) is 16.0 Å². The van der Waals surface area contributed by atoms with Crippen LogP contribution in [-0.4, -0.2) is 18.6 Å². The molecule has 0 aromatic heterocycles. The lowest BCUT2D eigenvalue weighted by molar-refractivity contribution is -0.427. The lowest BCUT2D eigenvalue weighted by Crippen LogP contribution is -2.08. The number of benzene rings is 1. The van der Waals surface area contributed by atoms with E-state index in [1.165, 1.54) is 0 Å². The minimum Gasteiger partial charge on any atom is -0.384 e. The molecule has 0 bridgehead atoms. The first-order valence-corrected chi connectivity index (χ1v) is 5.51. The summed E-state index contributed by atoms with van der Waals surface area (Å²) in [5.41, 5.74) is 1.17.